The van der Waals surface area contributed by atoms with Gasteiger partial charge in [-0.15, -0.1) is 0 Å². The lowest BCUT2D eigenvalue weighted by Gasteiger charge is -2.13. The van der Waals surface area contributed by atoms with Gasteiger partial charge in [-0.25, -0.2) is 4.39 Å². The third kappa shape index (κ3) is 3.82. The van der Waals surface area contributed by atoms with Crippen LogP contribution in [0.2, 0.25) is 5.02 Å². The zero-order chi connectivity index (χ0) is 21.3. The minimum absolute atomic E-state index is 0.0308. The lowest BCUT2D eigenvalue weighted by atomic mass is 10.1. The Labute approximate surface area is 177 Å². The van der Waals surface area contributed by atoms with Crippen molar-refractivity contribution in [2.24, 2.45) is 0 Å². The van der Waals surface area contributed by atoms with Crippen LogP contribution in [0.1, 0.15) is 36.6 Å². The van der Waals surface area contributed by atoms with Crippen molar-refractivity contribution < 1.29 is 18.8 Å². The van der Waals surface area contributed by atoms with Crippen molar-refractivity contribution in [3.05, 3.63) is 99.8 Å². The van der Waals surface area contributed by atoms with E-state index in [1.165, 1.54) is 35.2 Å². The second-order valence-electron chi connectivity index (χ2n) is 6.84. The van der Waals surface area contributed by atoms with Crippen LogP contribution in [0.3, 0.4) is 0 Å². The Bertz CT molecular complexity index is 1160. The Morgan fingerprint density at radius 2 is 1.67 bits per heavy atom. The van der Waals surface area contributed by atoms with E-state index in [1.54, 1.807) is 0 Å². The van der Waals surface area contributed by atoms with Crippen molar-refractivity contribution in [1.29, 1.82) is 0 Å². The van der Waals surface area contributed by atoms with Gasteiger partial charge < -0.3 is 5.32 Å². The molecule has 1 N–H and O–H groups in total. The Hall–Kier alpha value is -3.51. The Morgan fingerprint density at radius 1 is 0.933 bits per heavy atom. The number of carbonyl (C=O) groups is 3. The van der Waals surface area contributed by atoms with Gasteiger partial charge in [-0.1, -0.05) is 41.9 Å². The van der Waals surface area contributed by atoms with Gasteiger partial charge in [0.05, 0.1) is 16.8 Å². The highest BCUT2D eigenvalue weighted by Crippen LogP contribution is 2.25. The fourth-order valence-electron chi connectivity index (χ4n) is 3.31. The van der Waals surface area contributed by atoms with Crippen molar-refractivity contribution in [2.45, 2.75) is 6.42 Å². The maximum Gasteiger partial charge on any atom is 0.261 e. The van der Waals surface area contributed by atoms with Crippen LogP contribution in [0.25, 0.3) is 0 Å². The molecule has 0 unspecified atom stereocenters. The summed E-state index contributed by atoms with van der Waals surface area (Å²) in [4.78, 5) is 39.1. The standard InChI is InChI=1S/C23H16ClFN2O3/c24-16-7-9-20(19(25)13-16)26-21(28)15-6-8-17-18(12-15)23(30)27(22(17)29)11-10-14-4-2-1-3-5-14/h1-9,12-13H,10-11H2,(H,26,28). The molecule has 0 aromatic heterocycles. The van der Waals surface area contributed by atoms with E-state index in [0.717, 1.165) is 11.6 Å². The number of fused-ring (bicyclic) bond motifs is 1. The predicted molar refractivity (Wildman–Crippen MR) is 111 cm³/mol. The first-order valence-corrected chi connectivity index (χ1v) is 9.62. The van der Waals surface area contributed by atoms with Gasteiger partial charge in [0.2, 0.25) is 0 Å². The first kappa shape index (κ1) is 19.8. The smallest absolute Gasteiger partial charge is 0.261 e. The van der Waals surface area contributed by atoms with Crippen LogP contribution < -0.4 is 5.32 Å². The van der Waals surface area contributed by atoms with E-state index < -0.39 is 17.6 Å². The molecule has 0 spiro atoms. The molecule has 30 heavy (non-hydrogen) atoms. The predicted octanol–water partition coefficient (Wildman–Crippen LogP) is 4.57. The third-order valence-corrected chi connectivity index (χ3v) is 5.11. The summed E-state index contributed by atoms with van der Waals surface area (Å²) >= 11 is 5.72. The van der Waals surface area contributed by atoms with Crippen LogP contribution in [0.5, 0.6) is 0 Å². The molecular formula is C23H16ClFN2O3. The van der Waals surface area contributed by atoms with Gasteiger partial charge in [0.25, 0.3) is 17.7 Å². The Balaban J connectivity index is 1.51. The van der Waals surface area contributed by atoms with E-state index in [0.29, 0.717) is 6.42 Å². The van der Waals surface area contributed by atoms with Crippen LogP contribution in [0.4, 0.5) is 10.1 Å². The second-order valence-corrected chi connectivity index (χ2v) is 7.27. The van der Waals surface area contributed by atoms with Gasteiger partial charge in [0, 0.05) is 17.1 Å². The molecule has 0 saturated heterocycles. The molecule has 1 aliphatic heterocycles. The number of hydrogen-bond acceptors (Lipinski definition) is 3. The molecule has 0 bridgehead atoms. The van der Waals surface area contributed by atoms with Crippen molar-refractivity contribution in [3.8, 4) is 0 Å². The van der Waals surface area contributed by atoms with Gasteiger partial charge in [-0.2, -0.15) is 0 Å². The average Bonchev–Trinajstić information content (AvgIpc) is 2.98. The second kappa shape index (κ2) is 8.08. The molecule has 0 fully saturated rings. The van der Waals surface area contributed by atoms with Crippen molar-refractivity contribution in [1.82, 2.24) is 4.90 Å². The van der Waals surface area contributed by atoms with Crippen LogP contribution in [-0.2, 0) is 6.42 Å². The molecule has 3 aromatic carbocycles. The number of amides is 3. The minimum atomic E-state index is -0.671. The van der Waals surface area contributed by atoms with E-state index in [4.69, 9.17) is 11.6 Å². The highest BCUT2D eigenvalue weighted by Gasteiger charge is 2.35. The summed E-state index contributed by atoms with van der Waals surface area (Å²) in [6, 6.07) is 17.7. The number of nitrogens with zero attached hydrogens (tertiary/aromatic N) is 1. The summed E-state index contributed by atoms with van der Waals surface area (Å²) in [6.07, 6.45) is 0.537. The van der Waals surface area contributed by atoms with Crippen molar-refractivity contribution in [3.63, 3.8) is 0 Å². The maximum absolute atomic E-state index is 13.9. The molecular weight excluding hydrogens is 407 g/mol. The summed E-state index contributed by atoms with van der Waals surface area (Å²) in [7, 11) is 0. The molecule has 0 atom stereocenters. The lowest BCUT2D eigenvalue weighted by Crippen LogP contribution is -2.31. The molecule has 7 heteroatoms. The SMILES string of the molecule is O=C(Nc1ccc(Cl)cc1F)c1ccc2c(c1)C(=O)N(CCc1ccccc1)C2=O. The molecule has 0 radical (unpaired) electrons. The number of carbonyl (C=O) groups excluding carboxylic acids is 3. The number of halogens is 2. The molecule has 1 aliphatic rings. The summed E-state index contributed by atoms with van der Waals surface area (Å²) < 4.78 is 13.9. The highest BCUT2D eigenvalue weighted by molar-refractivity contribution is 6.30. The Morgan fingerprint density at radius 3 is 2.40 bits per heavy atom. The topological polar surface area (TPSA) is 66.5 Å². The van der Waals surface area contributed by atoms with Crippen molar-refractivity contribution in [2.75, 3.05) is 11.9 Å². The summed E-state index contributed by atoms with van der Waals surface area (Å²) in [6.45, 7) is 0.244. The fourth-order valence-corrected chi connectivity index (χ4v) is 3.46. The van der Waals surface area contributed by atoms with E-state index in [2.05, 4.69) is 5.32 Å². The Kier molecular flexibility index (Phi) is 5.33. The number of imide groups is 1. The number of nitrogens with one attached hydrogen (secondary N) is 1. The van der Waals surface area contributed by atoms with Crippen LogP contribution in [0, 0.1) is 5.82 Å². The minimum Gasteiger partial charge on any atom is -0.319 e. The average molecular weight is 423 g/mol. The van der Waals surface area contributed by atoms with Crippen LogP contribution in [0.15, 0.2) is 66.7 Å². The van der Waals surface area contributed by atoms with E-state index in [1.807, 2.05) is 30.3 Å². The third-order valence-electron chi connectivity index (χ3n) is 4.88. The summed E-state index contributed by atoms with van der Waals surface area (Å²) in [5.74, 6) is -2.10. The zero-order valence-corrected chi connectivity index (χ0v) is 16.4. The maximum atomic E-state index is 13.9. The molecule has 150 valence electrons. The first-order chi connectivity index (χ1) is 14.4. The quantitative estimate of drug-likeness (QED) is 0.612. The number of anilines is 1. The first-order valence-electron chi connectivity index (χ1n) is 9.24. The summed E-state index contributed by atoms with van der Waals surface area (Å²) in [5.41, 5.74) is 1.55. The van der Waals surface area contributed by atoms with Crippen molar-refractivity contribution >= 4 is 35.0 Å². The van der Waals surface area contributed by atoms with Gasteiger partial charge in [0.15, 0.2) is 0 Å². The molecule has 0 saturated carbocycles. The largest absolute Gasteiger partial charge is 0.319 e. The number of benzene rings is 3. The normalized spacial score (nSPS) is 12.8. The van der Waals surface area contributed by atoms with Gasteiger partial charge in [-0.05, 0) is 48.4 Å². The summed E-state index contributed by atoms with van der Waals surface area (Å²) in [5, 5.41) is 2.66. The molecule has 1 heterocycles. The van der Waals surface area contributed by atoms with E-state index >= 15 is 0 Å². The van der Waals surface area contributed by atoms with Gasteiger partial charge in [-0.3, -0.25) is 19.3 Å². The molecule has 0 aliphatic carbocycles. The van der Waals surface area contributed by atoms with Crippen LogP contribution >= 0.6 is 11.6 Å². The molecule has 3 aromatic rings. The van der Waals surface area contributed by atoms with Gasteiger partial charge in [0.1, 0.15) is 5.82 Å². The van der Waals surface area contributed by atoms with E-state index in [9.17, 15) is 18.8 Å². The highest BCUT2D eigenvalue weighted by atomic mass is 35.5. The molecule has 3 amide bonds. The molecule has 5 nitrogen and oxygen atoms in total. The van der Waals surface area contributed by atoms with Gasteiger partial charge >= 0.3 is 0 Å². The monoisotopic (exact) mass is 422 g/mol. The van der Waals surface area contributed by atoms with Crippen LogP contribution in [-0.4, -0.2) is 29.2 Å². The molecule has 4 rings (SSSR count). The lowest BCUT2D eigenvalue weighted by molar-refractivity contribution is 0.0656. The fraction of sp³-hybridized carbons (Fsp3) is 0.0870. The zero-order valence-electron chi connectivity index (χ0n) is 15.7. The number of rotatable bonds is 5. The van der Waals surface area contributed by atoms with E-state index in [-0.39, 0.29) is 39.9 Å². The number of hydrogen-bond donors (Lipinski definition) is 1.